The first kappa shape index (κ1) is 13.2. The first-order valence-electron chi connectivity index (χ1n) is 7.97. The van der Waals surface area contributed by atoms with Gasteiger partial charge in [0.05, 0.1) is 0 Å². The SMILES string of the molecule is CCCNC(CCc1nccn1C)C1CC2CC2C1. The smallest absolute Gasteiger partial charge is 0.108 e. The molecule has 2 aliphatic rings. The van der Waals surface area contributed by atoms with Crippen LogP contribution >= 0.6 is 0 Å². The highest BCUT2D eigenvalue weighted by Crippen LogP contribution is 2.55. The molecule has 3 unspecified atom stereocenters. The largest absolute Gasteiger partial charge is 0.338 e. The third-order valence-corrected chi connectivity index (χ3v) is 5.11. The second-order valence-corrected chi connectivity index (χ2v) is 6.54. The van der Waals surface area contributed by atoms with E-state index in [1.165, 1.54) is 37.9 Å². The quantitative estimate of drug-likeness (QED) is 0.818. The summed E-state index contributed by atoms with van der Waals surface area (Å²) in [6.07, 6.45) is 12.0. The molecule has 3 nitrogen and oxygen atoms in total. The molecule has 0 saturated heterocycles. The fourth-order valence-electron chi connectivity index (χ4n) is 3.85. The Morgan fingerprint density at radius 1 is 1.37 bits per heavy atom. The lowest BCUT2D eigenvalue weighted by Gasteiger charge is -2.26. The molecule has 0 amide bonds. The van der Waals surface area contributed by atoms with Crippen molar-refractivity contribution in [1.29, 1.82) is 0 Å². The van der Waals surface area contributed by atoms with E-state index in [1.54, 1.807) is 0 Å². The molecule has 1 heterocycles. The molecule has 2 saturated carbocycles. The van der Waals surface area contributed by atoms with E-state index in [1.807, 2.05) is 6.20 Å². The van der Waals surface area contributed by atoms with Crippen molar-refractivity contribution in [3.63, 3.8) is 0 Å². The minimum atomic E-state index is 0.712. The molecule has 2 fully saturated rings. The van der Waals surface area contributed by atoms with Crippen LogP contribution in [0.5, 0.6) is 0 Å². The summed E-state index contributed by atoms with van der Waals surface area (Å²) >= 11 is 0. The molecule has 3 atom stereocenters. The van der Waals surface area contributed by atoms with Crippen LogP contribution in [0.1, 0.15) is 44.9 Å². The lowest BCUT2D eigenvalue weighted by atomic mass is 9.91. The van der Waals surface area contributed by atoms with E-state index in [2.05, 4.69) is 35.0 Å². The van der Waals surface area contributed by atoms with Gasteiger partial charge in [0.15, 0.2) is 0 Å². The molecule has 0 aliphatic heterocycles. The average Bonchev–Trinajstić information content (AvgIpc) is 2.83. The van der Waals surface area contributed by atoms with Crippen molar-refractivity contribution in [3.05, 3.63) is 18.2 Å². The van der Waals surface area contributed by atoms with Gasteiger partial charge in [-0.2, -0.15) is 0 Å². The van der Waals surface area contributed by atoms with Crippen LogP contribution in [0.3, 0.4) is 0 Å². The number of nitrogens with one attached hydrogen (secondary N) is 1. The fourth-order valence-corrected chi connectivity index (χ4v) is 3.85. The fraction of sp³-hybridized carbons (Fsp3) is 0.812. The summed E-state index contributed by atoms with van der Waals surface area (Å²) in [5.41, 5.74) is 0. The molecule has 1 N–H and O–H groups in total. The Labute approximate surface area is 116 Å². The van der Waals surface area contributed by atoms with E-state index in [0.717, 1.165) is 30.7 Å². The number of aryl methyl sites for hydroxylation is 2. The first-order chi connectivity index (χ1) is 9.28. The number of hydrogen-bond acceptors (Lipinski definition) is 2. The van der Waals surface area contributed by atoms with E-state index in [-0.39, 0.29) is 0 Å². The van der Waals surface area contributed by atoms with Crippen LogP contribution in [0.15, 0.2) is 12.4 Å². The van der Waals surface area contributed by atoms with Gasteiger partial charge in [-0.1, -0.05) is 6.92 Å². The van der Waals surface area contributed by atoms with Gasteiger partial charge in [0, 0.05) is 31.9 Å². The molecule has 106 valence electrons. The van der Waals surface area contributed by atoms with Crippen molar-refractivity contribution in [2.24, 2.45) is 24.8 Å². The lowest BCUT2D eigenvalue weighted by Crippen LogP contribution is -2.37. The van der Waals surface area contributed by atoms with Gasteiger partial charge in [-0.3, -0.25) is 0 Å². The molecule has 2 aliphatic carbocycles. The van der Waals surface area contributed by atoms with E-state index in [4.69, 9.17) is 0 Å². The minimum absolute atomic E-state index is 0.712. The number of aromatic nitrogens is 2. The summed E-state index contributed by atoms with van der Waals surface area (Å²) in [6, 6.07) is 0.712. The minimum Gasteiger partial charge on any atom is -0.338 e. The molecular formula is C16H27N3. The standard InChI is InChI=1S/C16H27N3/c1-3-6-17-15(14-10-12-9-13(12)11-14)4-5-16-18-7-8-19(16)2/h7-8,12-15,17H,3-6,9-11H2,1-2H3. The van der Waals surface area contributed by atoms with Crippen LogP contribution in [0.25, 0.3) is 0 Å². The highest BCUT2D eigenvalue weighted by molar-refractivity contribution is 5.00. The van der Waals surface area contributed by atoms with Gasteiger partial charge in [-0.05, 0) is 56.4 Å². The van der Waals surface area contributed by atoms with Gasteiger partial charge >= 0.3 is 0 Å². The second-order valence-electron chi connectivity index (χ2n) is 6.54. The predicted octanol–water partition coefficient (Wildman–Crippen LogP) is 2.77. The summed E-state index contributed by atoms with van der Waals surface area (Å²) in [5, 5.41) is 3.80. The van der Waals surface area contributed by atoms with Crippen LogP contribution in [0.2, 0.25) is 0 Å². The zero-order valence-corrected chi connectivity index (χ0v) is 12.3. The highest BCUT2D eigenvalue weighted by atomic mass is 15.0. The molecule has 1 aromatic rings. The number of fused-ring (bicyclic) bond motifs is 1. The third-order valence-electron chi connectivity index (χ3n) is 5.11. The summed E-state index contributed by atoms with van der Waals surface area (Å²) in [4.78, 5) is 4.45. The predicted molar refractivity (Wildman–Crippen MR) is 77.9 cm³/mol. The lowest BCUT2D eigenvalue weighted by molar-refractivity contribution is 0.316. The maximum atomic E-state index is 4.45. The molecule has 0 bridgehead atoms. The third kappa shape index (κ3) is 3.02. The average molecular weight is 261 g/mol. The van der Waals surface area contributed by atoms with E-state index in [0.29, 0.717) is 6.04 Å². The summed E-state index contributed by atoms with van der Waals surface area (Å²) in [7, 11) is 2.10. The number of nitrogens with zero attached hydrogens (tertiary/aromatic N) is 2. The Hall–Kier alpha value is -0.830. The van der Waals surface area contributed by atoms with E-state index < -0.39 is 0 Å². The topological polar surface area (TPSA) is 29.9 Å². The van der Waals surface area contributed by atoms with Crippen molar-refractivity contribution < 1.29 is 0 Å². The first-order valence-corrected chi connectivity index (χ1v) is 7.97. The number of rotatable bonds is 7. The van der Waals surface area contributed by atoms with Crippen LogP contribution in [-0.2, 0) is 13.5 Å². The van der Waals surface area contributed by atoms with Gasteiger partial charge in [0.25, 0.3) is 0 Å². The summed E-state index contributed by atoms with van der Waals surface area (Å²) in [5.74, 6) is 4.33. The maximum Gasteiger partial charge on any atom is 0.108 e. The normalized spacial score (nSPS) is 30.3. The van der Waals surface area contributed by atoms with Crippen molar-refractivity contribution in [1.82, 2.24) is 14.9 Å². The Balaban J connectivity index is 1.54. The second kappa shape index (κ2) is 5.66. The Morgan fingerprint density at radius 2 is 2.16 bits per heavy atom. The number of imidazole rings is 1. The molecule has 3 rings (SSSR count). The van der Waals surface area contributed by atoms with Crippen molar-refractivity contribution in [2.45, 2.75) is 51.5 Å². The van der Waals surface area contributed by atoms with E-state index >= 15 is 0 Å². The summed E-state index contributed by atoms with van der Waals surface area (Å²) < 4.78 is 2.16. The Kier molecular flexibility index (Phi) is 3.92. The van der Waals surface area contributed by atoms with Crippen LogP contribution in [0, 0.1) is 17.8 Å². The van der Waals surface area contributed by atoms with Gasteiger partial charge < -0.3 is 9.88 Å². The van der Waals surface area contributed by atoms with Crippen LogP contribution in [0.4, 0.5) is 0 Å². The number of hydrogen-bond donors (Lipinski definition) is 1. The molecule has 0 radical (unpaired) electrons. The molecule has 0 aromatic carbocycles. The zero-order valence-electron chi connectivity index (χ0n) is 12.3. The monoisotopic (exact) mass is 261 g/mol. The molecule has 3 heteroatoms. The van der Waals surface area contributed by atoms with Crippen LogP contribution < -0.4 is 5.32 Å². The van der Waals surface area contributed by atoms with Gasteiger partial charge in [-0.15, -0.1) is 0 Å². The van der Waals surface area contributed by atoms with Crippen LogP contribution in [-0.4, -0.2) is 22.1 Å². The molecule has 19 heavy (non-hydrogen) atoms. The maximum absolute atomic E-state index is 4.45. The zero-order chi connectivity index (χ0) is 13.2. The van der Waals surface area contributed by atoms with Crippen molar-refractivity contribution >= 4 is 0 Å². The van der Waals surface area contributed by atoms with Gasteiger partial charge in [-0.25, -0.2) is 4.98 Å². The van der Waals surface area contributed by atoms with Crippen molar-refractivity contribution in [3.8, 4) is 0 Å². The molecule has 0 spiro atoms. The van der Waals surface area contributed by atoms with Gasteiger partial charge in [0.2, 0.25) is 0 Å². The van der Waals surface area contributed by atoms with E-state index in [9.17, 15) is 0 Å². The Morgan fingerprint density at radius 3 is 2.79 bits per heavy atom. The highest BCUT2D eigenvalue weighted by Gasteiger charge is 2.47. The Bertz CT molecular complexity index is 402. The summed E-state index contributed by atoms with van der Waals surface area (Å²) in [6.45, 7) is 3.42. The van der Waals surface area contributed by atoms with Crippen molar-refractivity contribution in [2.75, 3.05) is 6.54 Å². The molecule has 1 aromatic heterocycles. The van der Waals surface area contributed by atoms with Gasteiger partial charge in [0.1, 0.15) is 5.82 Å². The molecular weight excluding hydrogens is 234 g/mol.